The Bertz CT molecular complexity index is 1820. The lowest BCUT2D eigenvalue weighted by Gasteiger charge is -2.39. The standard InChI is InChI=1S/C28H31ClF6N8O4Si/c1-26(2,3)48(4,5)47-20(28(33,34)35)13-40-22(17-8-10-18(29)11-9-17)39-42(24(40)44)14-21-37-16-43(38-21)19-7-6-12-36-23(19)41(25(45)46)15-27(30,31)32/h6-12,16,20H,13-15H2,1-5H3,(H,45,46)/t20-/m0/s1. The van der Waals surface area contributed by atoms with Gasteiger partial charge in [0.25, 0.3) is 0 Å². The molecule has 0 aliphatic rings. The van der Waals surface area contributed by atoms with Gasteiger partial charge in [-0.05, 0) is 54.5 Å². The smallest absolute Gasteiger partial charge is 0.415 e. The highest BCUT2D eigenvalue weighted by atomic mass is 35.5. The Morgan fingerprint density at radius 1 is 1.04 bits per heavy atom. The summed E-state index contributed by atoms with van der Waals surface area (Å²) in [5, 5.41) is 17.6. The minimum atomic E-state index is -4.89. The number of pyridine rings is 1. The Kier molecular flexibility index (Phi) is 10.2. The molecule has 3 aromatic heterocycles. The molecule has 48 heavy (non-hydrogen) atoms. The van der Waals surface area contributed by atoms with Gasteiger partial charge in [-0.1, -0.05) is 32.4 Å². The molecule has 0 unspecified atom stereocenters. The van der Waals surface area contributed by atoms with Crippen molar-refractivity contribution in [1.29, 1.82) is 0 Å². The largest absolute Gasteiger partial charge is 0.465 e. The molecule has 0 saturated heterocycles. The van der Waals surface area contributed by atoms with Crippen LogP contribution < -0.4 is 10.6 Å². The predicted molar refractivity (Wildman–Crippen MR) is 165 cm³/mol. The summed E-state index contributed by atoms with van der Waals surface area (Å²) in [4.78, 5) is 33.2. The summed E-state index contributed by atoms with van der Waals surface area (Å²) in [7, 11) is -2.98. The van der Waals surface area contributed by atoms with Crippen molar-refractivity contribution in [3.05, 3.63) is 70.3 Å². The summed E-state index contributed by atoms with van der Waals surface area (Å²) in [5.74, 6) is -0.838. The highest BCUT2D eigenvalue weighted by Crippen LogP contribution is 2.40. The Labute approximate surface area is 275 Å². The molecule has 1 atom stereocenters. The molecular formula is C28H31ClF6N8O4Si. The zero-order chi connectivity index (χ0) is 35.8. The molecule has 20 heteroatoms. The third kappa shape index (κ3) is 8.43. The molecule has 4 rings (SSSR count). The van der Waals surface area contributed by atoms with E-state index in [1.54, 1.807) is 33.9 Å². The fourth-order valence-electron chi connectivity index (χ4n) is 4.23. The van der Waals surface area contributed by atoms with Crippen LogP contribution in [0.1, 0.15) is 26.6 Å². The maximum Gasteiger partial charge on any atom is 0.415 e. The summed E-state index contributed by atoms with van der Waals surface area (Å²) >= 11 is 6.00. The number of alkyl halides is 6. The first-order valence-electron chi connectivity index (χ1n) is 14.2. The molecule has 0 aliphatic heterocycles. The zero-order valence-corrected chi connectivity index (χ0v) is 28.0. The van der Waals surface area contributed by atoms with E-state index in [2.05, 4.69) is 20.2 Å². The van der Waals surface area contributed by atoms with Crippen LogP contribution in [0.5, 0.6) is 0 Å². The molecule has 1 amide bonds. The van der Waals surface area contributed by atoms with Gasteiger partial charge >= 0.3 is 24.1 Å². The maximum atomic E-state index is 14.4. The van der Waals surface area contributed by atoms with E-state index in [0.29, 0.717) is 5.02 Å². The summed E-state index contributed by atoms with van der Waals surface area (Å²) in [6.45, 7) is 5.42. The predicted octanol–water partition coefficient (Wildman–Crippen LogP) is 6.39. The second kappa shape index (κ2) is 13.3. The minimum Gasteiger partial charge on any atom is -0.465 e. The Morgan fingerprint density at radius 2 is 1.69 bits per heavy atom. The lowest BCUT2D eigenvalue weighted by Crippen LogP contribution is -2.50. The van der Waals surface area contributed by atoms with E-state index in [0.717, 1.165) is 26.5 Å². The first-order chi connectivity index (χ1) is 22.1. The van der Waals surface area contributed by atoms with Gasteiger partial charge in [0.15, 0.2) is 31.9 Å². The third-order valence-corrected chi connectivity index (χ3v) is 12.4. The number of rotatable bonds is 10. The summed E-state index contributed by atoms with van der Waals surface area (Å²) in [6, 6.07) is 8.51. The van der Waals surface area contributed by atoms with Gasteiger partial charge in [-0.25, -0.2) is 28.9 Å². The van der Waals surface area contributed by atoms with Crippen LogP contribution in [0.2, 0.25) is 23.2 Å². The number of anilines is 1. The van der Waals surface area contributed by atoms with Crippen molar-refractivity contribution in [1.82, 2.24) is 34.1 Å². The van der Waals surface area contributed by atoms with Crippen LogP contribution in [0.4, 0.5) is 37.0 Å². The van der Waals surface area contributed by atoms with Gasteiger partial charge in [-0.3, -0.25) is 9.47 Å². The van der Waals surface area contributed by atoms with Gasteiger partial charge in [0, 0.05) is 16.8 Å². The first-order valence-corrected chi connectivity index (χ1v) is 17.5. The molecule has 0 saturated carbocycles. The number of hydrogen-bond donors (Lipinski definition) is 1. The van der Waals surface area contributed by atoms with Crippen LogP contribution in [-0.2, 0) is 17.5 Å². The Balaban J connectivity index is 1.74. The highest BCUT2D eigenvalue weighted by Gasteiger charge is 2.48. The van der Waals surface area contributed by atoms with Crippen LogP contribution in [-0.4, -0.2) is 78.6 Å². The van der Waals surface area contributed by atoms with Crippen LogP contribution in [0.15, 0.2) is 53.7 Å². The van der Waals surface area contributed by atoms with Gasteiger partial charge in [-0.2, -0.15) is 26.3 Å². The Morgan fingerprint density at radius 3 is 2.25 bits per heavy atom. The molecule has 0 bridgehead atoms. The molecule has 1 aromatic carbocycles. The van der Waals surface area contributed by atoms with E-state index in [-0.39, 0.29) is 27.8 Å². The van der Waals surface area contributed by atoms with Gasteiger partial charge in [0.1, 0.15) is 25.1 Å². The lowest BCUT2D eigenvalue weighted by atomic mass is 10.2. The third-order valence-electron chi connectivity index (χ3n) is 7.65. The van der Waals surface area contributed by atoms with Gasteiger partial charge < -0.3 is 9.53 Å². The number of aromatic nitrogens is 7. The van der Waals surface area contributed by atoms with Crippen molar-refractivity contribution in [2.24, 2.45) is 0 Å². The topological polar surface area (TPSA) is 133 Å². The highest BCUT2D eigenvalue weighted by molar-refractivity contribution is 6.74. The van der Waals surface area contributed by atoms with Crippen LogP contribution in [0.3, 0.4) is 0 Å². The number of carboxylic acid groups (broad SMARTS) is 1. The maximum absolute atomic E-state index is 14.4. The molecule has 0 radical (unpaired) electrons. The molecule has 0 spiro atoms. The SMILES string of the molecule is CC(C)(C)[Si](C)(C)O[C@@H](Cn1c(-c2ccc(Cl)cc2)nn(Cc2ncn(-c3cccnc3N(CC(F)(F)F)C(=O)O)n2)c1=O)C(F)(F)F. The number of hydrogen-bond acceptors (Lipinski definition) is 7. The fourth-order valence-corrected chi connectivity index (χ4v) is 5.63. The average molecular weight is 721 g/mol. The monoisotopic (exact) mass is 720 g/mol. The Hall–Kier alpha value is -4.23. The quantitative estimate of drug-likeness (QED) is 0.147. The van der Waals surface area contributed by atoms with Gasteiger partial charge in [0.05, 0.1) is 6.54 Å². The van der Waals surface area contributed by atoms with Crippen LogP contribution >= 0.6 is 11.6 Å². The molecule has 260 valence electrons. The molecule has 1 N–H and O–H groups in total. The second-order valence-electron chi connectivity index (χ2n) is 12.2. The van der Waals surface area contributed by atoms with Crippen molar-refractivity contribution >= 4 is 31.8 Å². The van der Waals surface area contributed by atoms with Crippen LogP contribution in [0, 0.1) is 0 Å². The van der Waals surface area contributed by atoms with Crippen molar-refractivity contribution in [2.45, 2.75) is 70.4 Å². The van der Waals surface area contributed by atoms with E-state index in [1.165, 1.54) is 36.4 Å². The fraction of sp³-hybridized carbons (Fsp3) is 0.429. The molecule has 0 aliphatic carbocycles. The molecule has 12 nitrogen and oxygen atoms in total. The van der Waals surface area contributed by atoms with E-state index in [1.807, 2.05) is 0 Å². The van der Waals surface area contributed by atoms with E-state index in [9.17, 15) is 41.0 Å². The number of halogens is 7. The van der Waals surface area contributed by atoms with Crippen molar-refractivity contribution < 1.29 is 40.7 Å². The second-order valence-corrected chi connectivity index (χ2v) is 17.4. The summed E-state index contributed by atoms with van der Waals surface area (Å²) < 4.78 is 91.0. The van der Waals surface area contributed by atoms with E-state index < -0.39 is 69.0 Å². The van der Waals surface area contributed by atoms with E-state index in [4.69, 9.17) is 16.0 Å². The van der Waals surface area contributed by atoms with Crippen LogP contribution in [0.25, 0.3) is 17.1 Å². The average Bonchev–Trinajstić information content (AvgIpc) is 3.55. The molecular weight excluding hydrogens is 690 g/mol. The van der Waals surface area contributed by atoms with Crippen molar-refractivity contribution in [2.75, 3.05) is 11.4 Å². The molecule has 3 heterocycles. The molecule has 0 fully saturated rings. The molecule has 4 aromatic rings. The van der Waals surface area contributed by atoms with Crippen molar-refractivity contribution in [3.63, 3.8) is 0 Å². The number of amides is 1. The number of carbonyl (C=O) groups is 1. The lowest BCUT2D eigenvalue weighted by molar-refractivity contribution is -0.202. The normalized spacial score (nSPS) is 13.5. The first kappa shape index (κ1) is 36.6. The summed E-state index contributed by atoms with van der Waals surface area (Å²) in [5.41, 5.74) is -0.854. The van der Waals surface area contributed by atoms with E-state index >= 15 is 0 Å². The van der Waals surface area contributed by atoms with Gasteiger partial charge in [0.2, 0.25) is 0 Å². The summed E-state index contributed by atoms with van der Waals surface area (Å²) in [6.07, 6.45) is -11.9. The van der Waals surface area contributed by atoms with Crippen molar-refractivity contribution in [3.8, 4) is 17.1 Å². The number of nitrogens with zero attached hydrogens (tertiary/aromatic N) is 8. The number of benzene rings is 1. The zero-order valence-electron chi connectivity index (χ0n) is 26.2. The van der Waals surface area contributed by atoms with Gasteiger partial charge in [-0.15, -0.1) is 10.2 Å². The minimum absolute atomic E-state index is 0.00973.